The van der Waals surface area contributed by atoms with Crippen LogP contribution in [0.2, 0.25) is 0 Å². The van der Waals surface area contributed by atoms with E-state index in [2.05, 4.69) is 6.58 Å². The molecule has 0 bridgehead atoms. The molecule has 3 nitrogen and oxygen atoms in total. The molecule has 0 saturated heterocycles. The fourth-order valence-corrected chi connectivity index (χ4v) is 2.29. The molecule has 0 aliphatic rings. The van der Waals surface area contributed by atoms with Crippen LogP contribution in [-0.4, -0.2) is 26.5 Å². The molecule has 2 N–H and O–H groups in total. The molecular formula is C10H21NO2S. The third kappa shape index (κ3) is 9.74. The molecule has 14 heavy (non-hydrogen) atoms. The minimum atomic E-state index is -2.91. The summed E-state index contributed by atoms with van der Waals surface area (Å²) in [4.78, 5) is 0. The van der Waals surface area contributed by atoms with Crippen molar-refractivity contribution in [1.82, 2.24) is 0 Å². The highest BCUT2D eigenvalue weighted by atomic mass is 32.2. The van der Waals surface area contributed by atoms with Gasteiger partial charge in [-0.2, -0.15) is 0 Å². The van der Waals surface area contributed by atoms with Gasteiger partial charge in [-0.05, 0) is 19.3 Å². The van der Waals surface area contributed by atoms with Gasteiger partial charge in [0.15, 0.2) is 0 Å². The first-order chi connectivity index (χ1) is 6.45. The number of hydrogen-bond acceptors (Lipinski definition) is 3. The zero-order valence-electron chi connectivity index (χ0n) is 8.91. The molecule has 0 aromatic carbocycles. The van der Waals surface area contributed by atoms with Crippen LogP contribution in [0.1, 0.15) is 32.1 Å². The molecule has 0 saturated carbocycles. The van der Waals surface area contributed by atoms with E-state index in [0.29, 0.717) is 0 Å². The minimum Gasteiger partial charge on any atom is -0.327 e. The summed E-state index contributed by atoms with van der Waals surface area (Å²) in [5.41, 5.74) is 5.68. The number of sulfone groups is 1. The van der Waals surface area contributed by atoms with E-state index in [-0.39, 0.29) is 11.8 Å². The van der Waals surface area contributed by atoms with Crippen LogP contribution in [0.3, 0.4) is 0 Å². The van der Waals surface area contributed by atoms with Crippen LogP contribution in [0.25, 0.3) is 0 Å². The van der Waals surface area contributed by atoms with Crippen molar-refractivity contribution in [3.05, 3.63) is 12.7 Å². The number of nitrogens with two attached hydrogens (primary N) is 1. The largest absolute Gasteiger partial charge is 0.327 e. The highest BCUT2D eigenvalue weighted by Gasteiger charge is 2.09. The van der Waals surface area contributed by atoms with Crippen molar-refractivity contribution in [3.63, 3.8) is 0 Å². The second-order valence-electron chi connectivity index (χ2n) is 3.78. The van der Waals surface area contributed by atoms with Gasteiger partial charge in [0, 0.05) is 12.3 Å². The zero-order valence-corrected chi connectivity index (χ0v) is 9.72. The van der Waals surface area contributed by atoms with Gasteiger partial charge in [0.05, 0.1) is 5.75 Å². The maximum atomic E-state index is 10.9. The molecule has 1 unspecified atom stereocenters. The van der Waals surface area contributed by atoms with Crippen molar-refractivity contribution in [2.24, 2.45) is 5.73 Å². The van der Waals surface area contributed by atoms with Crippen LogP contribution in [-0.2, 0) is 9.84 Å². The summed E-state index contributed by atoms with van der Waals surface area (Å²) in [5.74, 6) is 0.106. The van der Waals surface area contributed by atoms with Crippen LogP contribution in [0.15, 0.2) is 12.7 Å². The predicted molar refractivity (Wildman–Crippen MR) is 61.0 cm³/mol. The summed E-state index contributed by atoms with van der Waals surface area (Å²) in [5, 5.41) is 0. The Labute approximate surface area is 87.3 Å². The molecule has 0 aliphatic carbocycles. The molecule has 0 aromatic heterocycles. The normalized spacial score (nSPS) is 13.9. The third-order valence-electron chi connectivity index (χ3n) is 2.00. The highest BCUT2D eigenvalue weighted by Crippen LogP contribution is 2.06. The smallest absolute Gasteiger partial charge is 0.148 e. The van der Waals surface area contributed by atoms with Crippen molar-refractivity contribution in [2.45, 2.75) is 38.1 Å². The average Bonchev–Trinajstić information content (AvgIpc) is 2.00. The maximum absolute atomic E-state index is 10.9. The second kappa shape index (κ2) is 7.01. The summed E-state index contributed by atoms with van der Waals surface area (Å²) in [6, 6.07) is -0.200. The van der Waals surface area contributed by atoms with Crippen LogP contribution in [0, 0.1) is 0 Å². The number of unbranched alkanes of at least 4 members (excludes halogenated alkanes) is 3. The molecule has 0 fully saturated rings. The van der Waals surface area contributed by atoms with Gasteiger partial charge >= 0.3 is 0 Å². The fraction of sp³-hybridized carbons (Fsp3) is 0.800. The Morgan fingerprint density at radius 3 is 2.50 bits per heavy atom. The Kier molecular flexibility index (Phi) is 6.83. The Hall–Kier alpha value is -0.350. The summed E-state index contributed by atoms with van der Waals surface area (Å²) in [7, 11) is -2.91. The van der Waals surface area contributed by atoms with Gasteiger partial charge < -0.3 is 5.73 Å². The van der Waals surface area contributed by atoms with E-state index >= 15 is 0 Å². The Bertz CT molecular complexity index is 247. The van der Waals surface area contributed by atoms with Crippen molar-refractivity contribution < 1.29 is 8.42 Å². The molecule has 0 rings (SSSR count). The summed E-state index contributed by atoms with van der Waals surface area (Å²) >= 11 is 0. The van der Waals surface area contributed by atoms with Gasteiger partial charge in [-0.3, -0.25) is 0 Å². The minimum absolute atomic E-state index is 0.106. The third-order valence-corrected chi connectivity index (χ3v) is 3.03. The van der Waals surface area contributed by atoms with E-state index in [9.17, 15) is 8.42 Å². The lowest BCUT2D eigenvalue weighted by atomic mass is 10.1. The standard InChI is InChI=1S/C10H21NO2S/c1-3-4-5-6-7-8-10(11)9-14(2,12)13/h3,10H,1,4-9,11H2,2H3. The van der Waals surface area contributed by atoms with Crippen molar-refractivity contribution >= 4 is 9.84 Å². The van der Waals surface area contributed by atoms with Gasteiger partial charge in [0.2, 0.25) is 0 Å². The van der Waals surface area contributed by atoms with E-state index in [1.54, 1.807) is 0 Å². The Balaban J connectivity index is 3.45. The summed E-state index contributed by atoms with van der Waals surface area (Å²) in [6.07, 6.45) is 8.18. The molecule has 0 aromatic rings. The van der Waals surface area contributed by atoms with Crippen LogP contribution < -0.4 is 5.73 Å². The lowest BCUT2D eigenvalue weighted by Crippen LogP contribution is -2.28. The van der Waals surface area contributed by atoms with E-state index < -0.39 is 9.84 Å². The van der Waals surface area contributed by atoms with Crippen LogP contribution >= 0.6 is 0 Å². The van der Waals surface area contributed by atoms with Gasteiger partial charge in [-0.15, -0.1) is 6.58 Å². The first kappa shape index (κ1) is 13.7. The fourth-order valence-electron chi connectivity index (χ4n) is 1.34. The van der Waals surface area contributed by atoms with Gasteiger partial charge in [-0.25, -0.2) is 8.42 Å². The zero-order chi connectivity index (χ0) is 11.0. The monoisotopic (exact) mass is 219 g/mol. The summed E-state index contributed by atoms with van der Waals surface area (Å²) in [6.45, 7) is 3.64. The number of allylic oxidation sites excluding steroid dienone is 1. The molecule has 0 spiro atoms. The van der Waals surface area contributed by atoms with Crippen LogP contribution in [0.4, 0.5) is 0 Å². The van der Waals surface area contributed by atoms with Crippen molar-refractivity contribution in [1.29, 1.82) is 0 Å². The molecule has 4 heteroatoms. The maximum Gasteiger partial charge on any atom is 0.148 e. The second-order valence-corrected chi connectivity index (χ2v) is 5.96. The number of hydrogen-bond donors (Lipinski definition) is 1. The van der Waals surface area contributed by atoms with Crippen LogP contribution in [0.5, 0.6) is 0 Å². The molecule has 1 atom stereocenters. The SMILES string of the molecule is C=CCCCCCC(N)CS(C)(=O)=O. The first-order valence-corrected chi connectivity index (χ1v) is 7.06. The Morgan fingerprint density at radius 1 is 1.36 bits per heavy atom. The quantitative estimate of drug-likeness (QED) is 0.497. The van der Waals surface area contributed by atoms with E-state index in [0.717, 1.165) is 32.1 Å². The van der Waals surface area contributed by atoms with E-state index in [1.807, 2.05) is 6.08 Å². The van der Waals surface area contributed by atoms with E-state index in [1.165, 1.54) is 6.26 Å². The van der Waals surface area contributed by atoms with E-state index in [4.69, 9.17) is 5.73 Å². The summed E-state index contributed by atoms with van der Waals surface area (Å²) < 4.78 is 21.8. The molecule has 0 amide bonds. The van der Waals surface area contributed by atoms with Crippen molar-refractivity contribution in [3.8, 4) is 0 Å². The number of rotatable bonds is 8. The van der Waals surface area contributed by atoms with Gasteiger partial charge in [0.1, 0.15) is 9.84 Å². The van der Waals surface area contributed by atoms with Gasteiger partial charge in [0.25, 0.3) is 0 Å². The molecular weight excluding hydrogens is 198 g/mol. The molecule has 0 aliphatic heterocycles. The Morgan fingerprint density at radius 2 is 2.00 bits per heavy atom. The molecule has 0 radical (unpaired) electrons. The van der Waals surface area contributed by atoms with Gasteiger partial charge in [-0.1, -0.05) is 18.9 Å². The highest BCUT2D eigenvalue weighted by molar-refractivity contribution is 7.90. The predicted octanol–water partition coefficient (Wildman–Crippen LogP) is 1.49. The molecule has 84 valence electrons. The molecule has 0 heterocycles. The average molecular weight is 219 g/mol. The first-order valence-electron chi connectivity index (χ1n) is 5.00. The van der Waals surface area contributed by atoms with Crippen molar-refractivity contribution in [2.75, 3.05) is 12.0 Å². The lowest BCUT2D eigenvalue weighted by Gasteiger charge is -2.09. The lowest BCUT2D eigenvalue weighted by molar-refractivity contribution is 0.561. The topological polar surface area (TPSA) is 60.2 Å².